The van der Waals surface area contributed by atoms with E-state index in [9.17, 15) is 8.78 Å². The Morgan fingerprint density at radius 2 is 2.13 bits per heavy atom. The van der Waals surface area contributed by atoms with E-state index >= 15 is 0 Å². The molecule has 5 rings (SSSR count). The number of hydrogen-bond donors (Lipinski definition) is 0. The van der Waals surface area contributed by atoms with Gasteiger partial charge in [-0.05, 0) is 31.5 Å². The van der Waals surface area contributed by atoms with Crippen molar-refractivity contribution in [3.05, 3.63) is 52.8 Å². The molecule has 1 aliphatic heterocycles. The summed E-state index contributed by atoms with van der Waals surface area (Å²) in [4.78, 5) is 9.28. The molecule has 4 heterocycles. The van der Waals surface area contributed by atoms with Crippen molar-refractivity contribution in [1.29, 1.82) is 0 Å². The number of hydrogen-bond acceptors (Lipinski definition) is 5. The van der Waals surface area contributed by atoms with Gasteiger partial charge in [-0.2, -0.15) is 0 Å². The third-order valence-corrected chi connectivity index (χ3v) is 5.74. The zero-order chi connectivity index (χ0) is 20.8. The molecule has 30 heavy (non-hydrogen) atoms. The number of halogens is 3. The van der Waals surface area contributed by atoms with Crippen LogP contribution in [-0.4, -0.2) is 38.8 Å². The first-order valence-corrected chi connectivity index (χ1v) is 10.1. The molecule has 0 bridgehead atoms. The zero-order valence-electron chi connectivity index (χ0n) is 16.2. The number of benzene rings is 1. The van der Waals surface area contributed by atoms with Crippen molar-refractivity contribution in [2.24, 2.45) is 0 Å². The van der Waals surface area contributed by atoms with Gasteiger partial charge in [-0.1, -0.05) is 16.8 Å². The maximum absolute atomic E-state index is 13.4. The maximum atomic E-state index is 13.4. The first-order chi connectivity index (χ1) is 14.5. The molecule has 0 amide bonds. The van der Waals surface area contributed by atoms with E-state index in [-0.39, 0.29) is 19.1 Å². The highest BCUT2D eigenvalue weighted by Gasteiger charge is 2.32. The van der Waals surface area contributed by atoms with E-state index in [0.717, 1.165) is 27.9 Å². The van der Waals surface area contributed by atoms with Gasteiger partial charge in [0.15, 0.2) is 0 Å². The van der Waals surface area contributed by atoms with Gasteiger partial charge >= 0.3 is 0 Å². The summed E-state index contributed by atoms with van der Waals surface area (Å²) < 4.78 is 39.4. The van der Waals surface area contributed by atoms with E-state index in [0.29, 0.717) is 29.1 Å². The maximum Gasteiger partial charge on any atom is 0.264 e. The summed E-state index contributed by atoms with van der Waals surface area (Å²) in [5, 5.41) is 5.50. The Bertz CT molecular complexity index is 1220. The zero-order valence-corrected chi connectivity index (χ0v) is 16.9. The number of nitrogens with zero attached hydrogens (tertiary/aromatic N) is 4. The van der Waals surface area contributed by atoms with Gasteiger partial charge in [0, 0.05) is 35.5 Å². The highest BCUT2D eigenvalue weighted by atomic mass is 35.5. The lowest BCUT2D eigenvalue weighted by Gasteiger charge is -2.31. The molecule has 0 spiro atoms. The first-order valence-electron chi connectivity index (χ1n) is 9.76. The van der Waals surface area contributed by atoms with Crippen molar-refractivity contribution in [2.45, 2.75) is 44.8 Å². The fraction of sp³-hybridized carbons (Fsp3) is 0.381. The number of rotatable bonds is 4. The van der Waals surface area contributed by atoms with Crippen LogP contribution in [0.1, 0.15) is 36.2 Å². The lowest BCUT2D eigenvalue weighted by atomic mass is 10.0. The summed E-state index contributed by atoms with van der Waals surface area (Å²) in [5.74, 6) is 1.43. The number of aromatic nitrogens is 4. The quantitative estimate of drug-likeness (QED) is 0.448. The third-order valence-electron chi connectivity index (χ3n) is 5.50. The van der Waals surface area contributed by atoms with Crippen LogP contribution in [0.15, 0.2) is 35.0 Å². The van der Waals surface area contributed by atoms with Gasteiger partial charge in [0.05, 0.1) is 29.3 Å². The third kappa shape index (κ3) is 3.44. The first kappa shape index (κ1) is 19.4. The Balaban J connectivity index is 1.71. The molecule has 0 radical (unpaired) electrons. The molecular formula is C21H19ClF2N4O2. The van der Waals surface area contributed by atoms with Crippen LogP contribution in [0.5, 0.6) is 0 Å². The van der Waals surface area contributed by atoms with E-state index in [1.54, 1.807) is 12.3 Å². The molecule has 0 unspecified atom stereocenters. The van der Waals surface area contributed by atoms with Crippen LogP contribution in [-0.2, 0) is 11.2 Å². The van der Waals surface area contributed by atoms with Gasteiger partial charge in [0.1, 0.15) is 23.2 Å². The molecule has 9 heteroatoms. The van der Waals surface area contributed by atoms with Crippen molar-refractivity contribution in [1.82, 2.24) is 19.7 Å². The van der Waals surface area contributed by atoms with Crippen LogP contribution in [0, 0.1) is 6.92 Å². The van der Waals surface area contributed by atoms with Crippen molar-refractivity contribution < 1.29 is 18.0 Å². The minimum Gasteiger partial charge on any atom is -0.372 e. The second-order valence-electron chi connectivity index (χ2n) is 7.58. The van der Waals surface area contributed by atoms with E-state index in [4.69, 9.17) is 25.8 Å². The molecule has 4 aromatic rings. The molecule has 6 nitrogen and oxygen atoms in total. The fourth-order valence-electron chi connectivity index (χ4n) is 4.20. The molecule has 0 saturated carbocycles. The number of aryl methyl sites for hydroxylation is 1. The second-order valence-corrected chi connectivity index (χ2v) is 8.02. The monoisotopic (exact) mass is 432 g/mol. The van der Waals surface area contributed by atoms with Crippen molar-refractivity contribution in [2.75, 3.05) is 6.61 Å². The van der Waals surface area contributed by atoms with Crippen molar-refractivity contribution >= 4 is 33.5 Å². The Kier molecular flexibility index (Phi) is 4.91. The summed E-state index contributed by atoms with van der Waals surface area (Å²) in [6.45, 7) is 2.09. The molecular weight excluding hydrogens is 414 g/mol. The predicted octanol–water partition coefficient (Wildman–Crippen LogP) is 5.11. The molecule has 156 valence electrons. The van der Waals surface area contributed by atoms with Crippen LogP contribution < -0.4 is 0 Å². The van der Waals surface area contributed by atoms with Gasteiger partial charge in [-0.15, -0.1) is 0 Å². The molecule has 1 fully saturated rings. The van der Waals surface area contributed by atoms with Gasteiger partial charge in [-0.25, -0.2) is 13.8 Å². The Labute approximate surface area is 175 Å². The van der Waals surface area contributed by atoms with Gasteiger partial charge < -0.3 is 13.8 Å². The van der Waals surface area contributed by atoms with Gasteiger partial charge in [0.25, 0.3) is 6.43 Å². The normalized spacial score (nSPS) is 19.9. The molecule has 3 aromatic heterocycles. The summed E-state index contributed by atoms with van der Waals surface area (Å²) in [7, 11) is 0. The largest absolute Gasteiger partial charge is 0.372 e. The molecule has 0 aliphatic carbocycles. The topological polar surface area (TPSA) is 66.0 Å². The van der Waals surface area contributed by atoms with E-state index in [1.165, 1.54) is 0 Å². The number of imidazole rings is 1. The average molecular weight is 433 g/mol. The van der Waals surface area contributed by atoms with Crippen molar-refractivity contribution in [3.8, 4) is 0 Å². The van der Waals surface area contributed by atoms with Gasteiger partial charge in [0.2, 0.25) is 0 Å². The van der Waals surface area contributed by atoms with Crippen LogP contribution in [0.3, 0.4) is 0 Å². The Morgan fingerprint density at radius 1 is 1.27 bits per heavy atom. The predicted molar refractivity (Wildman–Crippen MR) is 108 cm³/mol. The van der Waals surface area contributed by atoms with E-state index in [2.05, 4.69) is 14.7 Å². The number of alkyl halides is 2. The molecule has 2 atom stereocenters. The van der Waals surface area contributed by atoms with Crippen molar-refractivity contribution in [3.63, 3.8) is 0 Å². The lowest BCUT2D eigenvalue weighted by Crippen LogP contribution is -2.33. The average Bonchev–Trinajstić information content (AvgIpc) is 3.31. The lowest BCUT2D eigenvalue weighted by molar-refractivity contribution is -0.0901. The number of pyridine rings is 1. The molecule has 1 aromatic carbocycles. The van der Waals surface area contributed by atoms with Crippen LogP contribution in [0.2, 0.25) is 5.02 Å². The minimum absolute atomic E-state index is 0.185. The summed E-state index contributed by atoms with van der Waals surface area (Å²) in [6.07, 6.45) is -0.673. The SMILES string of the molecule is Cc1cc(Cc2nc3cnc4ccc(Cl)cc4c3n2[C@H]2CCO[C@@H](C(F)F)C2)no1. The number of fused-ring (bicyclic) bond motifs is 3. The van der Waals surface area contributed by atoms with E-state index < -0.39 is 12.5 Å². The Hall–Kier alpha value is -2.58. The smallest absolute Gasteiger partial charge is 0.264 e. The summed E-state index contributed by atoms with van der Waals surface area (Å²) in [6, 6.07) is 7.14. The Morgan fingerprint density at radius 3 is 2.90 bits per heavy atom. The molecule has 0 N–H and O–H groups in total. The molecule has 1 aliphatic rings. The summed E-state index contributed by atoms with van der Waals surface area (Å²) in [5.41, 5.74) is 3.05. The highest BCUT2D eigenvalue weighted by molar-refractivity contribution is 6.31. The standard InChI is InChI=1S/C21H19ClF2N4O2/c1-11-6-13(27-30-11)8-19-26-17-10-25-16-3-2-12(22)7-15(16)20(17)28(19)14-4-5-29-18(9-14)21(23)24/h2-3,6-7,10,14,18,21H,4-5,8-9H2,1H3/t14-,18+/m0/s1. The van der Waals surface area contributed by atoms with Crippen LogP contribution in [0.4, 0.5) is 8.78 Å². The van der Waals surface area contributed by atoms with E-state index in [1.807, 2.05) is 25.1 Å². The van der Waals surface area contributed by atoms with Crippen LogP contribution in [0.25, 0.3) is 21.9 Å². The van der Waals surface area contributed by atoms with Crippen LogP contribution >= 0.6 is 11.6 Å². The van der Waals surface area contributed by atoms with Gasteiger partial charge in [-0.3, -0.25) is 4.98 Å². The highest BCUT2D eigenvalue weighted by Crippen LogP contribution is 2.36. The molecule has 1 saturated heterocycles. The number of ether oxygens (including phenoxy) is 1. The fourth-order valence-corrected chi connectivity index (χ4v) is 4.37. The summed E-state index contributed by atoms with van der Waals surface area (Å²) >= 11 is 6.26. The minimum atomic E-state index is -2.53. The second kappa shape index (κ2) is 7.59.